The molecule has 18 heavy (non-hydrogen) atoms. The molecule has 0 aliphatic carbocycles. The highest BCUT2D eigenvalue weighted by atomic mass is 35.5. The summed E-state index contributed by atoms with van der Waals surface area (Å²) in [5, 5.41) is 28.7. The first-order valence-corrected chi connectivity index (χ1v) is 7.40. The number of hydrogen-bond donors (Lipinski definition) is 2. The van der Waals surface area contributed by atoms with Gasteiger partial charge >= 0.3 is 0 Å². The molecule has 8 heteroatoms. The highest BCUT2D eigenvalue weighted by Gasteiger charge is 2.17. The molecule has 0 atom stereocenters. The van der Waals surface area contributed by atoms with Crippen LogP contribution in [0.1, 0.15) is 0 Å². The lowest BCUT2D eigenvalue weighted by molar-refractivity contribution is -0.387. The fourth-order valence-corrected chi connectivity index (χ4v) is 3.10. The number of aliphatic hydroxyl groups is 2. The number of nitro groups is 1. The van der Waals surface area contributed by atoms with Gasteiger partial charge in [0.1, 0.15) is 0 Å². The number of nitro benzene ring substituents is 1. The zero-order valence-electron chi connectivity index (χ0n) is 9.34. The highest BCUT2D eigenvalue weighted by molar-refractivity contribution is 8.00. The Morgan fingerprint density at radius 2 is 1.72 bits per heavy atom. The molecular formula is C10H12ClNO4S2. The largest absolute Gasteiger partial charge is 0.396 e. The molecule has 0 fully saturated rings. The minimum atomic E-state index is -0.494. The van der Waals surface area contributed by atoms with Crippen LogP contribution in [-0.2, 0) is 0 Å². The molecule has 0 saturated heterocycles. The van der Waals surface area contributed by atoms with E-state index in [-0.39, 0.29) is 18.9 Å². The Kier molecular flexibility index (Phi) is 6.80. The summed E-state index contributed by atoms with van der Waals surface area (Å²) in [6.45, 7) is -0.0410. The van der Waals surface area contributed by atoms with E-state index in [1.165, 1.54) is 29.6 Å². The topological polar surface area (TPSA) is 83.6 Å². The van der Waals surface area contributed by atoms with Crippen LogP contribution in [0.4, 0.5) is 5.69 Å². The summed E-state index contributed by atoms with van der Waals surface area (Å²) in [7, 11) is 0. The molecule has 0 aromatic heterocycles. The lowest BCUT2D eigenvalue weighted by Gasteiger charge is -2.07. The molecule has 2 N–H and O–H groups in total. The summed E-state index contributed by atoms with van der Waals surface area (Å²) in [5.41, 5.74) is -0.0631. The minimum absolute atomic E-state index is 0.0110. The molecule has 0 aliphatic heterocycles. The standard InChI is InChI=1S/C10H12ClNO4S2/c11-7-5-8(12(15)16)10(18-4-2-14)6-9(7)17-3-1-13/h5-6,13-14H,1-4H2. The molecule has 100 valence electrons. The van der Waals surface area contributed by atoms with Crippen molar-refractivity contribution in [2.45, 2.75) is 9.79 Å². The van der Waals surface area contributed by atoms with Crippen molar-refractivity contribution in [2.24, 2.45) is 0 Å². The number of halogens is 1. The first kappa shape index (κ1) is 15.6. The lowest BCUT2D eigenvalue weighted by atomic mass is 10.3. The van der Waals surface area contributed by atoms with Gasteiger partial charge in [0.2, 0.25) is 0 Å². The number of rotatable bonds is 7. The van der Waals surface area contributed by atoms with Crippen LogP contribution in [0.3, 0.4) is 0 Å². The normalized spacial score (nSPS) is 10.6. The van der Waals surface area contributed by atoms with Crippen molar-refractivity contribution in [3.63, 3.8) is 0 Å². The fourth-order valence-electron chi connectivity index (χ4n) is 1.20. The van der Waals surface area contributed by atoms with Crippen molar-refractivity contribution in [3.05, 3.63) is 27.3 Å². The van der Waals surface area contributed by atoms with E-state index >= 15 is 0 Å². The molecule has 1 aromatic rings. The van der Waals surface area contributed by atoms with Crippen LogP contribution in [-0.4, -0.2) is 39.9 Å². The minimum Gasteiger partial charge on any atom is -0.396 e. The third kappa shape index (κ3) is 4.33. The SMILES string of the molecule is O=[N+]([O-])c1cc(Cl)c(SCCO)cc1SCCO. The van der Waals surface area contributed by atoms with Crippen LogP contribution >= 0.6 is 35.1 Å². The van der Waals surface area contributed by atoms with Crippen LogP contribution in [0.2, 0.25) is 5.02 Å². The zero-order chi connectivity index (χ0) is 13.5. The predicted molar refractivity (Wildman–Crippen MR) is 73.7 cm³/mol. The smallest absolute Gasteiger partial charge is 0.284 e. The molecule has 0 unspecified atom stereocenters. The van der Waals surface area contributed by atoms with Gasteiger partial charge in [-0.25, -0.2) is 0 Å². The van der Waals surface area contributed by atoms with E-state index in [4.69, 9.17) is 21.8 Å². The second-order valence-electron chi connectivity index (χ2n) is 3.15. The van der Waals surface area contributed by atoms with E-state index in [0.717, 1.165) is 0 Å². The van der Waals surface area contributed by atoms with Crippen molar-refractivity contribution < 1.29 is 15.1 Å². The summed E-state index contributed by atoms with van der Waals surface area (Å²) in [5.74, 6) is 0.855. The van der Waals surface area contributed by atoms with Crippen LogP contribution in [0.25, 0.3) is 0 Å². The van der Waals surface area contributed by atoms with Gasteiger partial charge in [0.25, 0.3) is 5.69 Å². The second kappa shape index (κ2) is 7.85. The van der Waals surface area contributed by atoms with Gasteiger partial charge in [-0.3, -0.25) is 10.1 Å². The van der Waals surface area contributed by atoms with Gasteiger partial charge in [0.15, 0.2) is 0 Å². The first-order chi connectivity index (χ1) is 8.60. The van der Waals surface area contributed by atoms with Gasteiger partial charge in [-0.2, -0.15) is 0 Å². The van der Waals surface area contributed by atoms with E-state index in [0.29, 0.717) is 26.3 Å². The average Bonchev–Trinajstić information content (AvgIpc) is 2.35. The Balaban J connectivity index is 3.05. The van der Waals surface area contributed by atoms with Crippen molar-refractivity contribution >= 4 is 40.8 Å². The Hall–Kier alpha value is -0.470. The Labute approximate surface area is 118 Å². The maximum absolute atomic E-state index is 10.9. The van der Waals surface area contributed by atoms with Gasteiger partial charge < -0.3 is 10.2 Å². The number of nitrogens with zero attached hydrogens (tertiary/aromatic N) is 1. The number of thioether (sulfide) groups is 2. The van der Waals surface area contributed by atoms with Crippen LogP contribution in [0.5, 0.6) is 0 Å². The van der Waals surface area contributed by atoms with Gasteiger partial charge in [0.05, 0.1) is 28.1 Å². The molecule has 1 rings (SSSR count). The monoisotopic (exact) mass is 309 g/mol. The van der Waals surface area contributed by atoms with E-state index in [2.05, 4.69) is 0 Å². The molecule has 0 heterocycles. The number of benzene rings is 1. The Morgan fingerprint density at radius 3 is 2.22 bits per heavy atom. The highest BCUT2D eigenvalue weighted by Crippen LogP contribution is 2.38. The molecule has 0 aliphatic rings. The van der Waals surface area contributed by atoms with Crippen molar-refractivity contribution in [3.8, 4) is 0 Å². The maximum atomic E-state index is 10.9. The summed E-state index contributed by atoms with van der Waals surface area (Å²) >= 11 is 8.49. The molecule has 0 radical (unpaired) electrons. The van der Waals surface area contributed by atoms with Gasteiger partial charge in [-0.1, -0.05) is 11.6 Å². The predicted octanol–water partition coefficient (Wildman–Crippen LogP) is 2.42. The molecule has 1 aromatic carbocycles. The van der Waals surface area contributed by atoms with Crippen LogP contribution < -0.4 is 0 Å². The van der Waals surface area contributed by atoms with Crippen molar-refractivity contribution in [1.29, 1.82) is 0 Å². The lowest BCUT2D eigenvalue weighted by Crippen LogP contribution is -1.95. The third-order valence-corrected chi connectivity index (χ3v) is 4.39. The third-order valence-electron chi connectivity index (χ3n) is 1.91. The Bertz CT molecular complexity index is 431. The van der Waals surface area contributed by atoms with Gasteiger partial charge in [-0.15, -0.1) is 23.5 Å². The maximum Gasteiger partial charge on any atom is 0.284 e. The molecule has 0 saturated carbocycles. The van der Waals surface area contributed by atoms with E-state index in [1.807, 2.05) is 0 Å². The summed E-state index contributed by atoms with van der Waals surface area (Å²) < 4.78 is 0. The summed E-state index contributed by atoms with van der Waals surface area (Å²) in [6, 6.07) is 2.93. The molecule has 0 bridgehead atoms. The number of hydrogen-bond acceptors (Lipinski definition) is 6. The van der Waals surface area contributed by atoms with Crippen LogP contribution in [0, 0.1) is 10.1 Å². The number of aliphatic hydroxyl groups excluding tert-OH is 2. The van der Waals surface area contributed by atoms with Gasteiger partial charge in [-0.05, 0) is 6.07 Å². The summed E-state index contributed by atoms with van der Waals surface area (Å²) in [4.78, 5) is 11.6. The fraction of sp³-hybridized carbons (Fsp3) is 0.400. The van der Waals surface area contributed by atoms with Crippen LogP contribution in [0.15, 0.2) is 21.9 Å². The first-order valence-electron chi connectivity index (χ1n) is 5.05. The van der Waals surface area contributed by atoms with E-state index < -0.39 is 4.92 Å². The zero-order valence-corrected chi connectivity index (χ0v) is 11.7. The van der Waals surface area contributed by atoms with Crippen molar-refractivity contribution in [1.82, 2.24) is 0 Å². The quantitative estimate of drug-likeness (QED) is 0.457. The molecule has 0 spiro atoms. The van der Waals surface area contributed by atoms with E-state index in [1.54, 1.807) is 6.07 Å². The molecular weight excluding hydrogens is 298 g/mol. The Morgan fingerprint density at radius 1 is 1.17 bits per heavy atom. The van der Waals surface area contributed by atoms with Gasteiger partial charge in [0, 0.05) is 22.5 Å². The summed E-state index contributed by atoms with van der Waals surface area (Å²) in [6.07, 6.45) is 0. The average molecular weight is 310 g/mol. The molecule has 0 amide bonds. The van der Waals surface area contributed by atoms with E-state index in [9.17, 15) is 10.1 Å². The van der Waals surface area contributed by atoms with Crippen molar-refractivity contribution in [2.75, 3.05) is 24.7 Å². The second-order valence-corrected chi connectivity index (χ2v) is 5.83. The molecule has 5 nitrogen and oxygen atoms in total.